The molecule has 1 heterocycles. The number of aliphatic hydroxyl groups is 1. The van der Waals surface area contributed by atoms with Crippen molar-refractivity contribution in [2.45, 2.75) is 19.4 Å². The van der Waals surface area contributed by atoms with Crippen LogP contribution in [0.25, 0.3) is 11.1 Å². The Bertz CT molecular complexity index is 468. The lowest BCUT2D eigenvalue weighted by Crippen LogP contribution is -2.15. The summed E-state index contributed by atoms with van der Waals surface area (Å²) in [5, 5.41) is 9.67. The fourth-order valence-corrected chi connectivity index (χ4v) is 1.20. The molecule has 3 N–H and O–H groups in total. The minimum atomic E-state index is -1.06. The van der Waals surface area contributed by atoms with Crippen LogP contribution in [0.4, 0.5) is 5.69 Å². The fourth-order valence-electron chi connectivity index (χ4n) is 1.20. The highest BCUT2D eigenvalue weighted by Gasteiger charge is 2.22. The van der Waals surface area contributed by atoms with Gasteiger partial charge in [-0.05, 0) is 26.0 Å². The molecule has 4 nitrogen and oxygen atoms in total. The van der Waals surface area contributed by atoms with E-state index >= 15 is 0 Å². The van der Waals surface area contributed by atoms with Crippen LogP contribution >= 0.6 is 0 Å². The van der Waals surface area contributed by atoms with Gasteiger partial charge in [0, 0.05) is 11.8 Å². The third-order valence-electron chi connectivity index (χ3n) is 1.94. The quantitative estimate of drug-likeness (QED) is 0.673. The number of fused-ring (bicyclic) bond motifs is 1. The van der Waals surface area contributed by atoms with Crippen molar-refractivity contribution in [3.05, 3.63) is 24.1 Å². The van der Waals surface area contributed by atoms with E-state index < -0.39 is 5.60 Å². The van der Waals surface area contributed by atoms with Crippen LogP contribution in [-0.2, 0) is 5.60 Å². The number of aromatic nitrogens is 1. The molecule has 2 aromatic rings. The Balaban J connectivity index is 2.63. The second-order valence-electron chi connectivity index (χ2n) is 3.81. The van der Waals surface area contributed by atoms with Crippen molar-refractivity contribution in [2.75, 3.05) is 5.73 Å². The van der Waals surface area contributed by atoms with E-state index in [0.29, 0.717) is 22.7 Å². The van der Waals surface area contributed by atoms with Gasteiger partial charge in [0.25, 0.3) is 0 Å². The van der Waals surface area contributed by atoms with Crippen LogP contribution in [0, 0.1) is 0 Å². The molecule has 1 aromatic carbocycles. The molecular formula is C10H12N2O2. The van der Waals surface area contributed by atoms with Gasteiger partial charge in [0.1, 0.15) is 11.1 Å². The summed E-state index contributed by atoms with van der Waals surface area (Å²) >= 11 is 0. The summed E-state index contributed by atoms with van der Waals surface area (Å²) in [7, 11) is 0. The lowest BCUT2D eigenvalue weighted by molar-refractivity contribution is 0.0501. The Kier molecular flexibility index (Phi) is 1.75. The number of anilines is 1. The smallest absolute Gasteiger partial charge is 0.226 e. The van der Waals surface area contributed by atoms with Gasteiger partial charge in [-0.15, -0.1) is 0 Å². The molecule has 0 spiro atoms. The third kappa shape index (κ3) is 1.44. The zero-order valence-corrected chi connectivity index (χ0v) is 8.11. The molecule has 0 radical (unpaired) electrons. The molecule has 1 aromatic heterocycles. The average Bonchev–Trinajstić information content (AvgIpc) is 2.45. The molecule has 0 bridgehead atoms. The van der Waals surface area contributed by atoms with Crippen molar-refractivity contribution >= 4 is 16.8 Å². The van der Waals surface area contributed by atoms with Crippen molar-refractivity contribution in [3.63, 3.8) is 0 Å². The number of nitrogens with two attached hydrogens (primary N) is 1. The summed E-state index contributed by atoms with van der Waals surface area (Å²) in [4.78, 5) is 4.15. The number of nitrogen functional groups attached to an aromatic ring is 1. The highest BCUT2D eigenvalue weighted by molar-refractivity contribution is 5.76. The van der Waals surface area contributed by atoms with Crippen LogP contribution in [0.3, 0.4) is 0 Å². The molecule has 0 aliphatic heterocycles. The minimum absolute atomic E-state index is 0.304. The third-order valence-corrected chi connectivity index (χ3v) is 1.94. The van der Waals surface area contributed by atoms with Gasteiger partial charge >= 0.3 is 0 Å². The molecule has 0 aliphatic carbocycles. The topological polar surface area (TPSA) is 72.3 Å². The monoisotopic (exact) mass is 192 g/mol. The van der Waals surface area contributed by atoms with Crippen molar-refractivity contribution in [1.29, 1.82) is 0 Å². The zero-order chi connectivity index (χ0) is 10.3. The van der Waals surface area contributed by atoms with Crippen molar-refractivity contribution in [3.8, 4) is 0 Å². The predicted molar refractivity (Wildman–Crippen MR) is 53.7 cm³/mol. The molecule has 0 aliphatic rings. The van der Waals surface area contributed by atoms with Crippen LogP contribution in [-0.4, -0.2) is 10.1 Å². The fraction of sp³-hybridized carbons (Fsp3) is 0.300. The summed E-state index contributed by atoms with van der Waals surface area (Å²) in [6, 6.07) is 5.21. The van der Waals surface area contributed by atoms with Gasteiger partial charge in [0.2, 0.25) is 5.89 Å². The Morgan fingerprint density at radius 2 is 2.14 bits per heavy atom. The maximum Gasteiger partial charge on any atom is 0.226 e. The summed E-state index contributed by atoms with van der Waals surface area (Å²) in [5.41, 5.74) is 6.46. The number of rotatable bonds is 1. The molecule has 0 saturated carbocycles. The van der Waals surface area contributed by atoms with Crippen LogP contribution in [0.15, 0.2) is 22.6 Å². The number of hydrogen-bond acceptors (Lipinski definition) is 4. The number of oxazole rings is 1. The van der Waals surface area contributed by atoms with Gasteiger partial charge in [-0.3, -0.25) is 0 Å². The summed E-state index contributed by atoms with van der Waals surface area (Å²) in [5.74, 6) is 0.304. The minimum Gasteiger partial charge on any atom is -0.437 e. The first-order valence-electron chi connectivity index (χ1n) is 4.36. The van der Waals surface area contributed by atoms with Crippen LogP contribution in [0.5, 0.6) is 0 Å². The van der Waals surface area contributed by atoms with E-state index in [1.54, 1.807) is 32.0 Å². The highest BCUT2D eigenvalue weighted by Crippen LogP contribution is 2.25. The van der Waals surface area contributed by atoms with E-state index in [1.165, 1.54) is 0 Å². The largest absolute Gasteiger partial charge is 0.437 e. The molecule has 4 heteroatoms. The molecule has 0 fully saturated rings. The van der Waals surface area contributed by atoms with Crippen LogP contribution in [0.1, 0.15) is 19.7 Å². The molecule has 0 amide bonds. The number of benzene rings is 1. The molecule has 2 rings (SSSR count). The lowest BCUT2D eigenvalue weighted by atomic mass is 10.1. The number of hydrogen-bond donors (Lipinski definition) is 2. The SMILES string of the molecule is CC(C)(O)c1nc2ccc(N)cc2o1. The maximum absolute atomic E-state index is 9.67. The van der Waals surface area contributed by atoms with Gasteiger partial charge in [0.15, 0.2) is 5.58 Å². The van der Waals surface area contributed by atoms with Crippen molar-refractivity contribution < 1.29 is 9.52 Å². The first-order valence-corrected chi connectivity index (χ1v) is 4.36. The molecule has 0 atom stereocenters. The van der Waals surface area contributed by atoms with E-state index in [-0.39, 0.29) is 0 Å². The van der Waals surface area contributed by atoms with E-state index in [2.05, 4.69) is 4.98 Å². The summed E-state index contributed by atoms with van der Waals surface area (Å²) in [6.45, 7) is 3.25. The maximum atomic E-state index is 9.67. The van der Waals surface area contributed by atoms with E-state index in [4.69, 9.17) is 10.2 Å². The van der Waals surface area contributed by atoms with E-state index in [9.17, 15) is 5.11 Å². The first-order chi connectivity index (χ1) is 6.47. The van der Waals surface area contributed by atoms with Crippen LogP contribution < -0.4 is 5.73 Å². The molecule has 0 saturated heterocycles. The Hall–Kier alpha value is -1.55. The Labute approximate surface area is 81.4 Å². The Morgan fingerprint density at radius 3 is 2.79 bits per heavy atom. The van der Waals surface area contributed by atoms with Crippen LogP contribution in [0.2, 0.25) is 0 Å². The van der Waals surface area contributed by atoms with Crippen molar-refractivity contribution in [1.82, 2.24) is 4.98 Å². The number of nitrogens with zero attached hydrogens (tertiary/aromatic N) is 1. The van der Waals surface area contributed by atoms with E-state index in [0.717, 1.165) is 0 Å². The molecule has 0 unspecified atom stereocenters. The molecule has 14 heavy (non-hydrogen) atoms. The second kappa shape index (κ2) is 2.72. The Morgan fingerprint density at radius 1 is 1.43 bits per heavy atom. The van der Waals surface area contributed by atoms with Gasteiger partial charge in [-0.25, -0.2) is 4.98 Å². The second-order valence-corrected chi connectivity index (χ2v) is 3.81. The summed E-state index contributed by atoms with van der Waals surface area (Å²) in [6.07, 6.45) is 0. The van der Waals surface area contributed by atoms with Crippen molar-refractivity contribution in [2.24, 2.45) is 0 Å². The normalized spacial score (nSPS) is 12.2. The summed E-state index contributed by atoms with van der Waals surface area (Å²) < 4.78 is 5.37. The zero-order valence-electron chi connectivity index (χ0n) is 8.11. The van der Waals surface area contributed by atoms with Gasteiger partial charge in [-0.2, -0.15) is 0 Å². The first kappa shape index (κ1) is 9.02. The van der Waals surface area contributed by atoms with E-state index in [1.807, 2.05) is 0 Å². The molecular weight excluding hydrogens is 180 g/mol. The lowest BCUT2D eigenvalue weighted by Gasteiger charge is -2.10. The predicted octanol–water partition coefficient (Wildman–Crippen LogP) is 1.64. The molecule has 74 valence electrons. The van der Waals surface area contributed by atoms with Gasteiger partial charge in [-0.1, -0.05) is 0 Å². The van der Waals surface area contributed by atoms with Gasteiger partial charge < -0.3 is 15.3 Å². The van der Waals surface area contributed by atoms with Gasteiger partial charge in [0.05, 0.1) is 0 Å². The standard InChI is InChI=1S/C10H12N2O2/c1-10(2,13)9-12-7-4-3-6(11)5-8(7)14-9/h3-5,13H,11H2,1-2H3. The highest BCUT2D eigenvalue weighted by atomic mass is 16.4. The average molecular weight is 192 g/mol.